The number of hydrogen-bond donors (Lipinski definition) is 5. The number of phenolic OH excluding ortho intramolecular Hbond substituents is 1. The Bertz CT molecular complexity index is 2560. The Morgan fingerprint density at radius 3 is 2.39 bits per heavy atom. The smallest absolute Gasteiger partial charge is 0.408 e. The van der Waals surface area contributed by atoms with Gasteiger partial charge in [0, 0.05) is 36.7 Å². The van der Waals surface area contributed by atoms with Crippen molar-refractivity contribution in [3.05, 3.63) is 171 Å². The number of carbonyl (C=O) groups excluding carboxylic acids is 2. The number of benzene rings is 5. The lowest BCUT2D eigenvalue weighted by Gasteiger charge is -2.43. The zero-order chi connectivity index (χ0) is 43.0. The molecule has 4 heterocycles. The van der Waals surface area contributed by atoms with Crippen LogP contribution in [0.2, 0.25) is 0 Å². The summed E-state index contributed by atoms with van der Waals surface area (Å²) in [4.78, 5) is 43.0. The topological polar surface area (TPSA) is 172 Å². The molecule has 0 saturated carbocycles. The molecule has 13 nitrogen and oxygen atoms in total. The lowest BCUT2D eigenvalue weighted by Crippen LogP contribution is -2.52. The Labute approximate surface area is 359 Å². The third kappa shape index (κ3) is 10.1. The number of aromatic hydroxyl groups is 1. The van der Waals surface area contributed by atoms with E-state index in [-0.39, 0.29) is 42.7 Å². The largest absolute Gasteiger partial charge is 0.506 e. The third-order valence-corrected chi connectivity index (χ3v) is 11.7. The van der Waals surface area contributed by atoms with E-state index in [4.69, 9.17) is 18.9 Å². The van der Waals surface area contributed by atoms with E-state index in [0.29, 0.717) is 40.5 Å². The van der Waals surface area contributed by atoms with Crippen LogP contribution in [0.25, 0.3) is 10.9 Å². The van der Waals surface area contributed by atoms with E-state index in [2.05, 4.69) is 20.5 Å². The number of amides is 1. The molecule has 320 valence electrons. The molecule has 13 heteroatoms. The Morgan fingerprint density at radius 1 is 0.855 bits per heavy atom. The predicted molar refractivity (Wildman–Crippen MR) is 233 cm³/mol. The first-order valence-electron chi connectivity index (χ1n) is 20.8. The molecule has 1 amide bonds. The minimum absolute atomic E-state index is 0.0368. The monoisotopic (exact) mass is 838 g/mol. The standard InChI is InChI=1S/C49H50N4O9/c1-59-43-24-32(12-15-37(43)26-50-27-42(55)39-16-18-41(54)47-40(39)17-19-45(56)51-47)30-61-48(57)35-13-10-31(11-14-35)29-60-38-9-5-8-36(25-38)46(34-6-3-2-4-7-34)52-49(58)62-44-28-53-22-20-33(44)21-23-53/h2-19,24-25,33,42,44,46,50,54-55H,20-23,26-30H2,1H3,(H,51,56)(H,52,58)/t42?,44?,46-/m0/s1. The summed E-state index contributed by atoms with van der Waals surface area (Å²) in [5.74, 6) is 1.10. The number of hydrogen-bond acceptors (Lipinski definition) is 11. The normalized spacial score (nSPS) is 17.8. The number of phenols is 1. The van der Waals surface area contributed by atoms with Crippen LogP contribution in [-0.4, -0.2) is 71.6 Å². The number of methoxy groups -OCH3 is 1. The minimum Gasteiger partial charge on any atom is -0.506 e. The van der Waals surface area contributed by atoms with Gasteiger partial charge in [-0.05, 0) is 102 Å². The number of pyridine rings is 1. The molecule has 1 aromatic heterocycles. The maximum Gasteiger partial charge on any atom is 0.408 e. The molecule has 62 heavy (non-hydrogen) atoms. The fraction of sp³-hybridized carbons (Fsp3) is 0.286. The quantitative estimate of drug-likeness (QED) is 0.0642. The first kappa shape index (κ1) is 42.0. The van der Waals surface area contributed by atoms with Gasteiger partial charge in [0.1, 0.15) is 36.6 Å². The second kappa shape index (κ2) is 19.4. The summed E-state index contributed by atoms with van der Waals surface area (Å²) in [7, 11) is 1.56. The van der Waals surface area contributed by atoms with Crippen molar-refractivity contribution in [3.8, 4) is 17.2 Å². The van der Waals surface area contributed by atoms with Gasteiger partial charge in [-0.25, -0.2) is 9.59 Å². The van der Waals surface area contributed by atoms with Gasteiger partial charge in [0.05, 0.1) is 30.3 Å². The number of aromatic nitrogens is 1. The number of carbonyl (C=O) groups is 2. The lowest BCUT2D eigenvalue weighted by atomic mass is 9.86. The average molecular weight is 839 g/mol. The number of aliphatic hydroxyl groups is 1. The average Bonchev–Trinajstić information content (AvgIpc) is 3.30. The van der Waals surface area contributed by atoms with Crippen LogP contribution in [0.15, 0.2) is 126 Å². The maximum absolute atomic E-state index is 13.2. The Hall–Kier alpha value is -6.67. The molecule has 3 aliphatic heterocycles. The zero-order valence-electron chi connectivity index (χ0n) is 34.4. The molecule has 9 rings (SSSR count). The van der Waals surface area contributed by atoms with Crippen molar-refractivity contribution < 1.29 is 38.7 Å². The van der Waals surface area contributed by atoms with Crippen LogP contribution < -0.4 is 25.7 Å². The molecule has 0 radical (unpaired) electrons. The number of esters is 1. The first-order valence-corrected chi connectivity index (χ1v) is 20.8. The zero-order valence-corrected chi connectivity index (χ0v) is 34.4. The molecule has 3 atom stereocenters. The van der Waals surface area contributed by atoms with Crippen molar-refractivity contribution in [1.29, 1.82) is 0 Å². The summed E-state index contributed by atoms with van der Waals surface area (Å²) in [6.45, 7) is 3.82. The molecule has 2 unspecified atom stereocenters. The molecule has 0 aliphatic carbocycles. The first-order chi connectivity index (χ1) is 30.2. The van der Waals surface area contributed by atoms with Gasteiger partial charge in [-0.15, -0.1) is 0 Å². The van der Waals surface area contributed by atoms with Gasteiger partial charge in [-0.1, -0.05) is 72.8 Å². The minimum atomic E-state index is -0.909. The van der Waals surface area contributed by atoms with Gasteiger partial charge < -0.3 is 44.8 Å². The summed E-state index contributed by atoms with van der Waals surface area (Å²) in [5.41, 5.74) is 5.13. The van der Waals surface area contributed by atoms with Crippen LogP contribution in [0, 0.1) is 5.92 Å². The number of rotatable bonds is 16. The number of nitrogens with one attached hydrogen (secondary N) is 3. The summed E-state index contributed by atoms with van der Waals surface area (Å²) in [6.07, 6.45) is 0.685. The van der Waals surface area contributed by atoms with Crippen molar-refractivity contribution in [2.24, 2.45) is 5.92 Å². The second-order valence-corrected chi connectivity index (χ2v) is 15.8. The van der Waals surface area contributed by atoms with E-state index in [1.165, 1.54) is 12.1 Å². The molecule has 3 fully saturated rings. The van der Waals surface area contributed by atoms with Gasteiger partial charge in [-0.2, -0.15) is 0 Å². The number of H-pyrrole nitrogens is 1. The molecular formula is C49H50N4O9. The summed E-state index contributed by atoms with van der Waals surface area (Å²) >= 11 is 0. The van der Waals surface area contributed by atoms with E-state index in [1.807, 2.05) is 84.9 Å². The van der Waals surface area contributed by atoms with E-state index >= 15 is 0 Å². The number of piperidine rings is 3. The Morgan fingerprint density at radius 2 is 1.63 bits per heavy atom. The molecular weight excluding hydrogens is 789 g/mol. The SMILES string of the molecule is COc1cc(COC(=O)c2ccc(COc3cccc([C@@H](NC(=O)OC4CN5CCC4CC5)c4ccccc4)c3)cc2)ccc1CNCC(O)c1ccc(O)c2[nH]c(=O)ccc12. The lowest BCUT2D eigenvalue weighted by molar-refractivity contribution is -0.0336. The highest BCUT2D eigenvalue weighted by atomic mass is 16.6. The van der Waals surface area contributed by atoms with Crippen molar-refractivity contribution in [2.75, 3.05) is 33.3 Å². The van der Waals surface area contributed by atoms with E-state index in [1.54, 1.807) is 31.4 Å². The van der Waals surface area contributed by atoms with Crippen molar-refractivity contribution >= 4 is 23.0 Å². The molecule has 6 aromatic rings. The highest BCUT2D eigenvalue weighted by Crippen LogP contribution is 2.32. The number of nitrogens with zero attached hydrogens (tertiary/aromatic N) is 1. The highest BCUT2D eigenvalue weighted by molar-refractivity contribution is 5.89. The summed E-state index contributed by atoms with van der Waals surface area (Å²) in [6, 6.07) is 35.6. The Balaban J connectivity index is 0.822. The number of alkyl carbamates (subject to hydrolysis) is 1. The highest BCUT2D eigenvalue weighted by Gasteiger charge is 2.37. The van der Waals surface area contributed by atoms with Crippen molar-refractivity contribution in [1.82, 2.24) is 20.5 Å². The molecule has 2 bridgehead atoms. The third-order valence-electron chi connectivity index (χ3n) is 11.7. The second-order valence-electron chi connectivity index (χ2n) is 15.8. The van der Waals surface area contributed by atoms with Gasteiger partial charge in [-0.3, -0.25) is 9.69 Å². The van der Waals surface area contributed by atoms with Crippen LogP contribution in [0.5, 0.6) is 17.2 Å². The fourth-order valence-electron chi connectivity index (χ4n) is 8.29. The van der Waals surface area contributed by atoms with Gasteiger partial charge in [0.15, 0.2) is 0 Å². The number of fused-ring (bicyclic) bond motifs is 4. The van der Waals surface area contributed by atoms with Crippen molar-refractivity contribution in [3.63, 3.8) is 0 Å². The number of ether oxygens (including phenoxy) is 4. The van der Waals surface area contributed by atoms with Crippen LogP contribution in [-0.2, 0) is 29.2 Å². The van der Waals surface area contributed by atoms with Gasteiger partial charge in [0.25, 0.3) is 0 Å². The van der Waals surface area contributed by atoms with Crippen LogP contribution in [0.3, 0.4) is 0 Å². The Kier molecular flexibility index (Phi) is 13.1. The molecule has 0 spiro atoms. The van der Waals surface area contributed by atoms with E-state index < -0.39 is 24.2 Å². The predicted octanol–water partition coefficient (Wildman–Crippen LogP) is 6.91. The summed E-state index contributed by atoms with van der Waals surface area (Å²) < 4.78 is 23.4. The number of aromatic amines is 1. The van der Waals surface area contributed by atoms with Crippen LogP contribution >= 0.6 is 0 Å². The van der Waals surface area contributed by atoms with Crippen LogP contribution in [0.1, 0.15) is 68.7 Å². The molecule has 3 aliphatic rings. The molecule has 5 N–H and O–H groups in total. The van der Waals surface area contributed by atoms with Gasteiger partial charge in [0.2, 0.25) is 5.56 Å². The number of aliphatic hydroxyl groups excluding tert-OH is 1. The molecule has 5 aromatic carbocycles. The fourth-order valence-corrected chi connectivity index (χ4v) is 8.29. The summed E-state index contributed by atoms with van der Waals surface area (Å²) in [5, 5.41) is 28.0. The van der Waals surface area contributed by atoms with Crippen molar-refractivity contribution in [2.45, 2.75) is 50.8 Å². The van der Waals surface area contributed by atoms with Crippen LogP contribution in [0.4, 0.5) is 4.79 Å². The van der Waals surface area contributed by atoms with Gasteiger partial charge >= 0.3 is 12.1 Å². The van der Waals surface area contributed by atoms with E-state index in [0.717, 1.165) is 60.3 Å². The molecule has 3 saturated heterocycles. The maximum atomic E-state index is 13.2. The van der Waals surface area contributed by atoms with E-state index in [9.17, 15) is 24.6 Å².